The molecule has 0 amide bonds. The maximum Gasteiger partial charge on any atom is 0.416 e. The number of carboxylic acids is 1. The van der Waals surface area contributed by atoms with Crippen LogP contribution >= 0.6 is 0 Å². The van der Waals surface area contributed by atoms with E-state index in [-0.39, 0.29) is 23.3 Å². The molecule has 1 aliphatic carbocycles. The molecule has 2 heterocycles. The summed E-state index contributed by atoms with van der Waals surface area (Å²) in [5, 5.41) is 13.7. The molecule has 2 aliphatic rings. The minimum absolute atomic E-state index is 0.152. The first-order valence-corrected chi connectivity index (χ1v) is 8.74. The number of aromatic nitrogens is 1. The highest BCUT2D eigenvalue weighted by molar-refractivity contribution is 5.80. The van der Waals surface area contributed by atoms with Gasteiger partial charge in [0.25, 0.3) is 0 Å². The Balaban J connectivity index is 1.41. The lowest BCUT2D eigenvalue weighted by Gasteiger charge is -2.31. The van der Waals surface area contributed by atoms with Crippen LogP contribution in [0.4, 0.5) is 13.2 Å². The number of fused-ring (bicyclic) bond motifs is 1. The van der Waals surface area contributed by atoms with Crippen molar-refractivity contribution in [2.24, 2.45) is 11.8 Å². The van der Waals surface area contributed by atoms with Gasteiger partial charge in [-0.2, -0.15) is 13.2 Å². The number of hydrogen-bond acceptors (Lipinski definition) is 4. The van der Waals surface area contributed by atoms with Crippen molar-refractivity contribution < 1.29 is 27.6 Å². The highest BCUT2D eigenvalue weighted by atomic mass is 19.4. The molecule has 140 valence electrons. The smallest absolute Gasteiger partial charge is 0.416 e. The van der Waals surface area contributed by atoms with Crippen molar-refractivity contribution in [2.45, 2.75) is 31.4 Å². The first kappa shape index (κ1) is 17.3. The van der Waals surface area contributed by atoms with Crippen molar-refractivity contribution in [2.75, 3.05) is 19.6 Å². The van der Waals surface area contributed by atoms with E-state index in [1.165, 1.54) is 6.07 Å². The number of carbonyl (C=O) groups is 1. The second-order valence-electron chi connectivity index (χ2n) is 7.29. The number of halogens is 3. The molecule has 8 heteroatoms. The van der Waals surface area contributed by atoms with Crippen LogP contribution in [-0.4, -0.2) is 40.8 Å². The van der Waals surface area contributed by atoms with Gasteiger partial charge in [-0.15, -0.1) is 0 Å². The SMILES string of the molecule is O=C(O)[C@@H]1C[C@H]1CN1CCC(c2noc3cc(C(F)(F)F)ccc23)CC1. The predicted octanol–water partition coefficient (Wildman–Crippen LogP) is 3.75. The fourth-order valence-electron chi connectivity index (χ4n) is 3.90. The Morgan fingerprint density at radius 2 is 2.04 bits per heavy atom. The van der Waals surface area contributed by atoms with Crippen molar-refractivity contribution in [1.29, 1.82) is 0 Å². The van der Waals surface area contributed by atoms with Gasteiger partial charge < -0.3 is 14.5 Å². The lowest BCUT2D eigenvalue weighted by atomic mass is 9.91. The topological polar surface area (TPSA) is 66.6 Å². The number of carboxylic acid groups (broad SMARTS) is 1. The molecular weight excluding hydrogens is 349 g/mol. The minimum atomic E-state index is -4.40. The summed E-state index contributed by atoms with van der Waals surface area (Å²) in [5.74, 6) is -0.511. The molecule has 1 N–H and O–H groups in total. The molecule has 2 fully saturated rings. The summed E-state index contributed by atoms with van der Waals surface area (Å²) in [5.41, 5.74) is 0.155. The summed E-state index contributed by atoms with van der Waals surface area (Å²) in [6.07, 6.45) is -1.96. The van der Waals surface area contributed by atoms with E-state index in [0.717, 1.165) is 56.7 Å². The first-order chi connectivity index (χ1) is 12.3. The maximum absolute atomic E-state index is 12.8. The van der Waals surface area contributed by atoms with Gasteiger partial charge in [0, 0.05) is 17.8 Å². The summed E-state index contributed by atoms with van der Waals surface area (Å²) in [6.45, 7) is 2.48. The molecule has 1 saturated heterocycles. The van der Waals surface area contributed by atoms with Crippen LogP contribution in [0, 0.1) is 11.8 Å². The predicted molar refractivity (Wildman–Crippen MR) is 86.7 cm³/mol. The quantitative estimate of drug-likeness (QED) is 0.890. The number of nitrogens with zero attached hydrogens (tertiary/aromatic N) is 2. The van der Waals surface area contributed by atoms with Crippen molar-refractivity contribution in [1.82, 2.24) is 10.1 Å². The Bertz CT molecular complexity index is 825. The van der Waals surface area contributed by atoms with E-state index in [1.54, 1.807) is 0 Å². The number of rotatable bonds is 4. The molecule has 0 radical (unpaired) electrons. The van der Waals surface area contributed by atoms with Gasteiger partial charge in [-0.25, -0.2) is 0 Å². The van der Waals surface area contributed by atoms with E-state index in [4.69, 9.17) is 9.63 Å². The molecule has 4 rings (SSSR count). The van der Waals surface area contributed by atoms with E-state index in [1.807, 2.05) is 0 Å². The fraction of sp³-hybridized carbons (Fsp3) is 0.556. The highest BCUT2D eigenvalue weighted by Crippen LogP contribution is 2.41. The average molecular weight is 368 g/mol. The zero-order valence-electron chi connectivity index (χ0n) is 14.0. The van der Waals surface area contributed by atoms with Gasteiger partial charge in [-0.1, -0.05) is 5.16 Å². The highest BCUT2D eigenvalue weighted by Gasteiger charge is 2.44. The molecule has 2 atom stereocenters. The van der Waals surface area contributed by atoms with Gasteiger partial charge in [-0.3, -0.25) is 4.79 Å². The van der Waals surface area contributed by atoms with Crippen molar-refractivity contribution in [3.05, 3.63) is 29.5 Å². The van der Waals surface area contributed by atoms with Crippen LogP contribution in [0.1, 0.15) is 36.4 Å². The molecule has 0 bridgehead atoms. The van der Waals surface area contributed by atoms with Crippen LogP contribution in [0.3, 0.4) is 0 Å². The third-order valence-electron chi connectivity index (χ3n) is 5.53. The number of benzene rings is 1. The van der Waals surface area contributed by atoms with Crippen LogP contribution in [0.15, 0.2) is 22.7 Å². The second kappa shape index (κ2) is 6.26. The van der Waals surface area contributed by atoms with Crippen LogP contribution < -0.4 is 0 Å². The van der Waals surface area contributed by atoms with E-state index in [9.17, 15) is 18.0 Å². The standard InChI is InChI=1S/C18H19F3N2O3/c19-18(20,21)12-1-2-13-15(8-12)26-22-16(13)10-3-5-23(6-4-10)9-11-7-14(11)17(24)25/h1-2,8,10-11,14H,3-7,9H2,(H,24,25)/t11-,14+/m0/s1. The Hall–Kier alpha value is -2.09. The van der Waals surface area contributed by atoms with Crippen LogP contribution in [0.25, 0.3) is 11.0 Å². The van der Waals surface area contributed by atoms with Gasteiger partial charge in [0.2, 0.25) is 0 Å². The third kappa shape index (κ3) is 3.30. The van der Waals surface area contributed by atoms with Crippen molar-refractivity contribution >= 4 is 16.9 Å². The Morgan fingerprint density at radius 3 is 2.65 bits per heavy atom. The van der Waals surface area contributed by atoms with Gasteiger partial charge >= 0.3 is 12.1 Å². The Kier molecular flexibility index (Phi) is 4.17. The van der Waals surface area contributed by atoms with Gasteiger partial charge in [0.1, 0.15) is 0 Å². The molecule has 0 spiro atoms. The Labute approximate surface area is 147 Å². The van der Waals surface area contributed by atoms with E-state index >= 15 is 0 Å². The van der Waals surface area contributed by atoms with E-state index in [0.29, 0.717) is 5.39 Å². The van der Waals surface area contributed by atoms with Crippen LogP contribution in [0.5, 0.6) is 0 Å². The molecule has 26 heavy (non-hydrogen) atoms. The van der Waals surface area contributed by atoms with Crippen LogP contribution in [0.2, 0.25) is 0 Å². The largest absolute Gasteiger partial charge is 0.481 e. The maximum atomic E-state index is 12.8. The van der Waals surface area contributed by atoms with Gasteiger partial charge in [-0.05, 0) is 56.5 Å². The monoisotopic (exact) mass is 368 g/mol. The number of alkyl halides is 3. The minimum Gasteiger partial charge on any atom is -0.481 e. The number of piperidine rings is 1. The molecule has 0 unspecified atom stereocenters. The molecule has 2 aromatic rings. The van der Waals surface area contributed by atoms with Gasteiger partial charge in [0.05, 0.1) is 17.2 Å². The zero-order valence-corrected chi connectivity index (χ0v) is 14.0. The summed E-state index contributed by atoms with van der Waals surface area (Å²) in [4.78, 5) is 13.2. The number of likely N-dealkylation sites (tertiary alicyclic amines) is 1. The van der Waals surface area contributed by atoms with Gasteiger partial charge in [0.15, 0.2) is 5.58 Å². The van der Waals surface area contributed by atoms with E-state index < -0.39 is 17.7 Å². The zero-order chi connectivity index (χ0) is 18.5. The number of aliphatic carboxylic acids is 1. The summed E-state index contributed by atoms with van der Waals surface area (Å²) in [7, 11) is 0. The molecule has 1 saturated carbocycles. The molecule has 1 aromatic carbocycles. The number of hydrogen-bond donors (Lipinski definition) is 1. The lowest BCUT2D eigenvalue weighted by Crippen LogP contribution is -2.35. The molecule has 1 aromatic heterocycles. The first-order valence-electron chi connectivity index (χ1n) is 8.74. The summed E-state index contributed by atoms with van der Waals surface area (Å²) < 4.78 is 43.6. The fourth-order valence-corrected chi connectivity index (χ4v) is 3.90. The third-order valence-corrected chi connectivity index (χ3v) is 5.53. The second-order valence-corrected chi connectivity index (χ2v) is 7.29. The molecular formula is C18H19F3N2O3. The lowest BCUT2D eigenvalue weighted by molar-refractivity contribution is -0.139. The summed E-state index contributed by atoms with van der Waals surface area (Å²) >= 11 is 0. The molecule has 1 aliphatic heterocycles. The summed E-state index contributed by atoms with van der Waals surface area (Å²) in [6, 6.07) is 3.51. The molecule has 5 nitrogen and oxygen atoms in total. The van der Waals surface area contributed by atoms with E-state index in [2.05, 4.69) is 10.1 Å². The average Bonchev–Trinajstić information content (AvgIpc) is 3.23. The Morgan fingerprint density at radius 1 is 1.31 bits per heavy atom. The van der Waals surface area contributed by atoms with Crippen LogP contribution in [-0.2, 0) is 11.0 Å². The van der Waals surface area contributed by atoms with Crippen molar-refractivity contribution in [3.63, 3.8) is 0 Å². The van der Waals surface area contributed by atoms with Crippen molar-refractivity contribution in [3.8, 4) is 0 Å². The normalized spacial score (nSPS) is 24.9.